The van der Waals surface area contributed by atoms with Crippen LogP contribution in [-0.4, -0.2) is 30.3 Å². The predicted molar refractivity (Wildman–Crippen MR) is 104 cm³/mol. The Bertz CT molecular complexity index is 892. The van der Waals surface area contributed by atoms with Gasteiger partial charge in [0.15, 0.2) is 6.61 Å². The standard InChI is InChI=1S/C21H22ClNO4/c1-12-9-14(3)17(10-13(12)2)19(24)11-27-21(26)15(4)23-20(25)16-7-5-6-8-18(16)22/h5-10,15H,11H2,1-4H3,(H,23,25)/t15-/m0/s1. The highest BCUT2D eigenvalue weighted by Gasteiger charge is 2.21. The molecule has 1 amide bonds. The number of rotatable bonds is 6. The number of hydrogen-bond donors (Lipinski definition) is 1. The molecule has 0 aliphatic heterocycles. The summed E-state index contributed by atoms with van der Waals surface area (Å²) in [5.41, 5.74) is 3.71. The lowest BCUT2D eigenvalue weighted by Crippen LogP contribution is -2.40. The van der Waals surface area contributed by atoms with Crippen molar-refractivity contribution < 1.29 is 19.1 Å². The Kier molecular flexibility index (Phi) is 6.75. The fourth-order valence-corrected chi connectivity index (χ4v) is 2.80. The maximum atomic E-state index is 12.4. The first-order chi connectivity index (χ1) is 12.7. The molecule has 0 aliphatic carbocycles. The number of aryl methyl sites for hydroxylation is 3. The third-order valence-electron chi connectivity index (χ3n) is 4.31. The van der Waals surface area contributed by atoms with Crippen LogP contribution >= 0.6 is 11.6 Å². The second kappa shape index (κ2) is 8.82. The number of ether oxygens (including phenoxy) is 1. The van der Waals surface area contributed by atoms with Gasteiger partial charge in [0, 0.05) is 5.56 Å². The molecule has 2 aromatic rings. The number of Topliss-reactive ketones (excluding diaryl/α,β-unsaturated/α-hetero) is 1. The van der Waals surface area contributed by atoms with Crippen LogP contribution in [0.4, 0.5) is 0 Å². The van der Waals surface area contributed by atoms with E-state index in [-0.39, 0.29) is 23.0 Å². The van der Waals surface area contributed by atoms with E-state index in [4.69, 9.17) is 16.3 Å². The van der Waals surface area contributed by atoms with Gasteiger partial charge in [0.25, 0.3) is 5.91 Å². The predicted octanol–water partition coefficient (Wildman–Crippen LogP) is 3.81. The Morgan fingerprint density at radius 3 is 2.30 bits per heavy atom. The SMILES string of the molecule is Cc1cc(C)c(C(=O)COC(=O)[C@H](C)NC(=O)c2ccccc2Cl)cc1C. The summed E-state index contributed by atoms with van der Waals surface area (Å²) in [5.74, 6) is -1.46. The number of benzene rings is 2. The summed E-state index contributed by atoms with van der Waals surface area (Å²) in [6.07, 6.45) is 0. The molecule has 6 heteroatoms. The zero-order valence-corrected chi connectivity index (χ0v) is 16.5. The fraction of sp³-hybridized carbons (Fsp3) is 0.286. The average molecular weight is 388 g/mol. The van der Waals surface area contributed by atoms with Crippen LogP contribution in [-0.2, 0) is 9.53 Å². The van der Waals surface area contributed by atoms with Crippen molar-refractivity contribution in [2.24, 2.45) is 0 Å². The number of esters is 1. The van der Waals surface area contributed by atoms with E-state index in [0.717, 1.165) is 16.7 Å². The molecular weight excluding hydrogens is 366 g/mol. The molecule has 0 unspecified atom stereocenters. The van der Waals surface area contributed by atoms with Gasteiger partial charge in [-0.15, -0.1) is 0 Å². The number of carbonyl (C=O) groups is 3. The molecule has 0 fully saturated rings. The summed E-state index contributed by atoms with van der Waals surface area (Å²) in [7, 11) is 0. The molecule has 0 bridgehead atoms. The van der Waals surface area contributed by atoms with Gasteiger partial charge in [-0.25, -0.2) is 4.79 Å². The van der Waals surface area contributed by atoms with Gasteiger partial charge in [0.2, 0.25) is 5.78 Å². The highest BCUT2D eigenvalue weighted by atomic mass is 35.5. The summed E-state index contributed by atoms with van der Waals surface area (Å²) >= 11 is 5.97. The zero-order chi connectivity index (χ0) is 20.1. The van der Waals surface area contributed by atoms with Crippen LogP contribution in [0.25, 0.3) is 0 Å². The largest absolute Gasteiger partial charge is 0.456 e. The molecule has 0 aliphatic rings. The fourth-order valence-electron chi connectivity index (χ4n) is 2.58. The first kappa shape index (κ1) is 20.6. The van der Waals surface area contributed by atoms with Gasteiger partial charge in [-0.05, 0) is 62.6 Å². The van der Waals surface area contributed by atoms with E-state index in [0.29, 0.717) is 5.56 Å². The van der Waals surface area contributed by atoms with Crippen molar-refractivity contribution in [3.8, 4) is 0 Å². The van der Waals surface area contributed by atoms with E-state index in [9.17, 15) is 14.4 Å². The quantitative estimate of drug-likeness (QED) is 0.604. The molecule has 0 heterocycles. The minimum atomic E-state index is -0.914. The van der Waals surface area contributed by atoms with Gasteiger partial charge in [0.1, 0.15) is 6.04 Å². The van der Waals surface area contributed by atoms with E-state index in [1.165, 1.54) is 6.92 Å². The maximum Gasteiger partial charge on any atom is 0.328 e. The van der Waals surface area contributed by atoms with Crippen molar-refractivity contribution in [2.75, 3.05) is 6.61 Å². The van der Waals surface area contributed by atoms with Crippen molar-refractivity contribution in [3.63, 3.8) is 0 Å². The zero-order valence-electron chi connectivity index (χ0n) is 15.8. The minimum absolute atomic E-state index is 0.264. The highest BCUT2D eigenvalue weighted by Crippen LogP contribution is 2.16. The Labute approximate surface area is 163 Å². The van der Waals surface area contributed by atoms with Gasteiger partial charge in [-0.3, -0.25) is 9.59 Å². The molecule has 1 atom stereocenters. The number of hydrogen-bond acceptors (Lipinski definition) is 4. The van der Waals surface area contributed by atoms with Crippen molar-refractivity contribution in [3.05, 3.63) is 69.2 Å². The van der Waals surface area contributed by atoms with E-state index in [1.54, 1.807) is 30.3 Å². The molecule has 2 aromatic carbocycles. The van der Waals surface area contributed by atoms with Crippen molar-refractivity contribution in [1.82, 2.24) is 5.32 Å². The molecule has 0 aromatic heterocycles. The highest BCUT2D eigenvalue weighted by molar-refractivity contribution is 6.33. The summed E-state index contributed by atoms with van der Waals surface area (Å²) in [5, 5.41) is 2.81. The second-order valence-electron chi connectivity index (χ2n) is 6.46. The summed E-state index contributed by atoms with van der Waals surface area (Å²) < 4.78 is 5.08. The molecule has 0 radical (unpaired) electrons. The van der Waals surface area contributed by atoms with Crippen molar-refractivity contribution in [2.45, 2.75) is 33.7 Å². The number of amides is 1. The monoisotopic (exact) mass is 387 g/mol. The van der Waals surface area contributed by atoms with E-state index in [2.05, 4.69) is 5.32 Å². The van der Waals surface area contributed by atoms with Crippen LogP contribution in [0.15, 0.2) is 36.4 Å². The lowest BCUT2D eigenvalue weighted by atomic mass is 9.98. The Balaban J connectivity index is 1.95. The van der Waals surface area contributed by atoms with Crippen LogP contribution in [0.5, 0.6) is 0 Å². The van der Waals surface area contributed by atoms with Gasteiger partial charge in [-0.1, -0.05) is 29.8 Å². The van der Waals surface area contributed by atoms with Crippen LogP contribution in [0.2, 0.25) is 5.02 Å². The van der Waals surface area contributed by atoms with Crippen molar-refractivity contribution >= 4 is 29.3 Å². The molecule has 1 N–H and O–H groups in total. The van der Waals surface area contributed by atoms with E-state index >= 15 is 0 Å². The van der Waals surface area contributed by atoms with Crippen LogP contribution in [0, 0.1) is 20.8 Å². The van der Waals surface area contributed by atoms with Crippen LogP contribution in [0.1, 0.15) is 44.3 Å². The third-order valence-corrected chi connectivity index (χ3v) is 4.64. The third kappa shape index (κ3) is 5.17. The molecular formula is C21H22ClNO4. The summed E-state index contributed by atoms with van der Waals surface area (Å²) in [6, 6.07) is 9.33. The lowest BCUT2D eigenvalue weighted by molar-refractivity contribution is -0.144. The van der Waals surface area contributed by atoms with Crippen LogP contribution < -0.4 is 5.32 Å². The molecule has 0 saturated carbocycles. The first-order valence-electron chi connectivity index (χ1n) is 8.53. The molecule has 2 rings (SSSR count). The van der Waals surface area contributed by atoms with Crippen LogP contribution in [0.3, 0.4) is 0 Å². The number of ketones is 1. The Morgan fingerprint density at radius 2 is 1.63 bits per heavy atom. The maximum absolute atomic E-state index is 12.4. The van der Waals surface area contributed by atoms with E-state index < -0.39 is 17.9 Å². The summed E-state index contributed by atoms with van der Waals surface area (Å²) in [6.45, 7) is 6.84. The number of carbonyl (C=O) groups excluding carboxylic acids is 3. The normalized spacial score (nSPS) is 11.6. The Morgan fingerprint density at radius 1 is 1.00 bits per heavy atom. The molecule has 142 valence electrons. The number of nitrogens with one attached hydrogen (secondary N) is 1. The van der Waals surface area contributed by atoms with E-state index in [1.807, 2.05) is 26.8 Å². The topological polar surface area (TPSA) is 72.5 Å². The minimum Gasteiger partial charge on any atom is -0.456 e. The molecule has 0 spiro atoms. The summed E-state index contributed by atoms with van der Waals surface area (Å²) in [4.78, 5) is 36.7. The van der Waals surface area contributed by atoms with Gasteiger partial charge in [-0.2, -0.15) is 0 Å². The van der Waals surface area contributed by atoms with Crippen molar-refractivity contribution in [1.29, 1.82) is 0 Å². The lowest BCUT2D eigenvalue weighted by Gasteiger charge is -2.14. The molecule has 5 nitrogen and oxygen atoms in total. The van der Waals surface area contributed by atoms with Gasteiger partial charge in [0.05, 0.1) is 10.6 Å². The van der Waals surface area contributed by atoms with Gasteiger partial charge < -0.3 is 10.1 Å². The second-order valence-corrected chi connectivity index (χ2v) is 6.86. The molecule has 0 saturated heterocycles. The smallest absolute Gasteiger partial charge is 0.328 e. The number of halogens is 1. The molecule has 27 heavy (non-hydrogen) atoms. The Hall–Kier alpha value is -2.66. The average Bonchev–Trinajstić information content (AvgIpc) is 2.62. The first-order valence-corrected chi connectivity index (χ1v) is 8.91. The van der Waals surface area contributed by atoms with Gasteiger partial charge >= 0.3 is 5.97 Å².